The Bertz CT molecular complexity index is 104. The highest BCUT2D eigenvalue weighted by molar-refractivity contribution is 5.23. The highest BCUT2D eigenvalue weighted by atomic mass is 16.5. The van der Waals surface area contributed by atoms with Crippen LogP contribution in [0.4, 0.5) is 0 Å². The maximum atomic E-state index is 5.45. The van der Waals surface area contributed by atoms with Gasteiger partial charge in [0.05, 0.1) is 18.2 Å². The number of aliphatic imine (C=N–C) groups is 1. The summed E-state index contributed by atoms with van der Waals surface area (Å²) in [5.41, 5.74) is -0.0566. The maximum Gasteiger partial charge on any atom is 0.0698 e. The summed E-state index contributed by atoms with van der Waals surface area (Å²) in [4.78, 5) is 3.82. The molecule has 0 bridgehead atoms. The van der Waals surface area contributed by atoms with E-state index in [0.29, 0.717) is 6.61 Å². The van der Waals surface area contributed by atoms with Gasteiger partial charge < -0.3 is 4.74 Å². The van der Waals surface area contributed by atoms with Crippen molar-refractivity contribution in [2.75, 3.05) is 6.61 Å². The van der Waals surface area contributed by atoms with Gasteiger partial charge in [-0.3, -0.25) is 4.99 Å². The summed E-state index contributed by atoms with van der Waals surface area (Å²) in [5, 5.41) is 0. The zero-order valence-corrected chi connectivity index (χ0v) is 7.35. The van der Waals surface area contributed by atoms with E-state index >= 15 is 0 Å². The molecule has 2 heteroatoms. The van der Waals surface area contributed by atoms with Gasteiger partial charge in [-0.1, -0.05) is 0 Å². The molecule has 60 valence electrons. The van der Waals surface area contributed by atoms with Gasteiger partial charge in [0.2, 0.25) is 0 Å². The summed E-state index contributed by atoms with van der Waals surface area (Å²) >= 11 is 0. The van der Waals surface area contributed by atoms with E-state index in [1.807, 2.05) is 27.7 Å². The summed E-state index contributed by atoms with van der Waals surface area (Å²) in [5.74, 6) is 0. The molecule has 0 spiro atoms. The molecule has 0 fully saturated rings. The van der Waals surface area contributed by atoms with Gasteiger partial charge in [-0.25, -0.2) is 0 Å². The molecule has 10 heavy (non-hydrogen) atoms. The van der Waals surface area contributed by atoms with Gasteiger partial charge >= 0.3 is 0 Å². The van der Waals surface area contributed by atoms with Crippen LogP contribution in [-0.4, -0.2) is 25.0 Å². The largest absolute Gasteiger partial charge is 0.374 e. The van der Waals surface area contributed by atoms with E-state index in [0.717, 1.165) is 0 Å². The van der Waals surface area contributed by atoms with Gasteiger partial charge in [0.1, 0.15) is 0 Å². The third-order valence-electron chi connectivity index (χ3n) is 1.07. The molecular weight excluding hydrogens is 126 g/mol. The molecule has 1 unspecified atom stereocenters. The molecule has 0 aromatic rings. The third kappa shape index (κ3) is 5.76. The van der Waals surface area contributed by atoms with Crippen molar-refractivity contribution in [3.05, 3.63) is 0 Å². The Morgan fingerprint density at radius 3 is 2.30 bits per heavy atom. The normalized spacial score (nSPS) is 14.8. The van der Waals surface area contributed by atoms with Crippen LogP contribution in [-0.2, 0) is 4.74 Å². The van der Waals surface area contributed by atoms with Crippen LogP contribution < -0.4 is 0 Å². The van der Waals surface area contributed by atoms with Gasteiger partial charge in [0.15, 0.2) is 0 Å². The molecule has 0 heterocycles. The van der Waals surface area contributed by atoms with E-state index in [2.05, 4.69) is 11.7 Å². The molecule has 0 saturated carbocycles. The van der Waals surface area contributed by atoms with Crippen molar-refractivity contribution in [1.82, 2.24) is 0 Å². The van der Waals surface area contributed by atoms with E-state index < -0.39 is 0 Å². The lowest BCUT2D eigenvalue weighted by atomic mass is 10.2. The predicted octanol–water partition coefficient (Wildman–Crippen LogP) is 1.89. The number of hydrogen-bond acceptors (Lipinski definition) is 2. The highest BCUT2D eigenvalue weighted by Crippen LogP contribution is 2.07. The fourth-order valence-corrected chi connectivity index (χ4v) is 0.423. The summed E-state index contributed by atoms with van der Waals surface area (Å²) in [6, 6.07) is 0.208. The molecular formula is C8H17NO. The second-order valence-electron chi connectivity index (χ2n) is 3.45. The average molecular weight is 143 g/mol. The Labute approximate surface area is 63.3 Å². The Kier molecular flexibility index (Phi) is 3.58. The SMILES string of the molecule is C=NC(C)COC(C)(C)C. The smallest absolute Gasteiger partial charge is 0.0698 e. The first-order chi connectivity index (χ1) is 4.45. The minimum atomic E-state index is -0.0566. The maximum absolute atomic E-state index is 5.45. The minimum Gasteiger partial charge on any atom is -0.374 e. The second kappa shape index (κ2) is 3.71. The van der Waals surface area contributed by atoms with Crippen LogP contribution in [0.15, 0.2) is 4.99 Å². The van der Waals surface area contributed by atoms with Crippen LogP contribution in [0, 0.1) is 0 Å². The van der Waals surface area contributed by atoms with Crippen LogP contribution >= 0.6 is 0 Å². The van der Waals surface area contributed by atoms with Crippen LogP contribution in [0.25, 0.3) is 0 Å². The molecule has 0 rings (SSSR count). The molecule has 0 saturated heterocycles. The fourth-order valence-electron chi connectivity index (χ4n) is 0.423. The van der Waals surface area contributed by atoms with E-state index in [9.17, 15) is 0 Å². The number of nitrogens with zero attached hydrogens (tertiary/aromatic N) is 1. The van der Waals surface area contributed by atoms with Crippen LogP contribution in [0.5, 0.6) is 0 Å². The van der Waals surface area contributed by atoms with Crippen LogP contribution in [0.2, 0.25) is 0 Å². The van der Waals surface area contributed by atoms with Gasteiger partial charge in [-0.15, -0.1) is 0 Å². The van der Waals surface area contributed by atoms with E-state index in [1.165, 1.54) is 0 Å². The lowest BCUT2D eigenvalue weighted by molar-refractivity contribution is -0.00758. The van der Waals surface area contributed by atoms with Crippen LogP contribution in [0.3, 0.4) is 0 Å². The summed E-state index contributed by atoms with van der Waals surface area (Å²) in [6.07, 6.45) is 0. The van der Waals surface area contributed by atoms with Gasteiger partial charge in [-0.05, 0) is 34.4 Å². The Morgan fingerprint density at radius 2 is 2.00 bits per heavy atom. The predicted molar refractivity (Wildman–Crippen MR) is 44.7 cm³/mol. The Morgan fingerprint density at radius 1 is 1.50 bits per heavy atom. The topological polar surface area (TPSA) is 21.6 Å². The van der Waals surface area contributed by atoms with Crippen molar-refractivity contribution in [3.8, 4) is 0 Å². The second-order valence-corrected chi connectivity index (χ2v) is 3.45. The molecule has 0 aliphatic rings. The lowest BCUT2D eigenvalue weighted by Gasteiger charge is -2.20. The first kappa shape index (κ1) is 9.63. The van der Waals surface area contributed by atoms with Crippen molar-refractivity contribution in [2.45, 2.75) is 39.3 Å². The summed E-state index contributed by atoms with van der Waals surface area (Å²) < 4.78 is 5.45. The summed E-state index contributed by atoms with van der Waals surface area (Å²) in [7, 11) is 0. The molecule has 0 aromatic heterocycles. The molecule has 0 N–H and O–H groups in total. The molecule has 0 aromatic carbocycles. The van der Waals surface area contributed by atoms with Crippen molar-refractivity contribution in [3.63, 3.8) is 0 Å². The van der Waals surface area contributed by atoms with Crippen molar-refractivity contribution in [2.24, 2.45) is 4.99 Å². The number of rotatable bonds is 3. The lowest BCUT2D eigenvalue weighted by Crippen LogP contribution is -2.23. The Hall–Kier alpha value is -0.370. The summed E-state index contributed by atoms with van der Waals surface area (Å²) in [6.45, 7) is 12.2. The highest BCUT2D eigenvalue weighted by Gasteiger charge is 2.10. The van der Waals surface area contributed by atoms with Crippen LogP contribution in [0.1, 0.15) is 27.7 Å². The Balaban J connectivity index is 3.45. The van der Waals surface area contributed by atoms with Crippen molar-refractivity contribution in [1.29, 1.82) is 0 Å². The van der Waals surface area contributed by atoms with E-state index in [1.54, 1.807) is 0 Å². The van der Waals surface area contributed by atoms with E-state index in [4.69, 9.17) is 4.74 Å². The van der Waals surface area contributed by atoms with Gasteiger partial charge in [-0.2, -0.15) is 0 Å². The van der Waals surface area contributed by atoms with E-state index in [-0.39, 0.29) is 11.6 Å². The van der Waals surface area contributed by atoms with Gasteiger partial charge in [0.25, 0.3) is 0 Å². The first-order valence-corrected chi connectivity index (χ1v) is 3.55. The number of ether oxygens (including phenoxy) is 1. The molecule has 0 aliphatic heterocycles. The average Bonchev–Trinajstić information content (AvgIpc) is 1.81. The molecule has 0 amide bonds. The quantitative estimate of drug-likeness (QED) is 0.553. The van der Waals surface area contributed by atoms with Crippen molar-refractivity contribution < 1.29 is 4.74 Å². The third-order valence-corrected chi connectivity index (χ3v) is 1.07. The van der Waals surface area contributed by atoms with Gasteiger partial charge in [0, 0.05) is 0 Å². The molecule has 0 radical (unpaired) electrons. The standard InChI is InChI=1S/C8H17NO/c1-7(9-5)6-10-8(2,3)4/h7H,5-6H2,1-4H3. The van der Waals surface area contributed by atoms with Crippen molar-refractivity contribution >= 4 is 6.72 Å². The fraction of sp³-hybridized carbons (Fsp3) is 0.875. The monoisotopic (exact) mass is 143 g/mol. The molecule has 2 nitrogen and oxygen atoms in total. The molecule has 1 atom stereocenters. The zero-order chi connectivity index (χ0) is 8.20. The minimum absolute atomic E-state index is 0.0566. The molecule has 0 aliphatic carbocycles. The number of hydrogen-bond donors (Lipinski definition) is 0. The first-order valence-electron chi connectivity index (χ1n) is 3.55. The zero-order valence-electron chi connectivity index (χ0n) is 7.35.